The van der Waals surface area contributed by atoms with E-state index in [9.17, 15) is 9.59 Å². The molecule has 1 aromatic rings. The van der Waals surface area contributed by atoms with E-state index in [1.807, 2.05) is 19.1 Å². The molecule has 1 fully saturated rings. The Morgan fingerprint density at radius 1 is 1.21 bits per heavy atom. The predicted octanol–water partition coefficient (Wildman–Crippen LogP) is 1.35. The Labute approximate surface area is 112 Å². The van der Waals surface area contributed by atoms with Gasteiger partial charge < -0.3 is 5.73 Å². The van der Waals surface area contributed by atoms with E-state index in [0.717, 1.165) is 11.1 Å². The number of nitrogens with two attached hydrogens (primary N) is 1. The quantitative estimate of drug-likeness (QED) is 0.609. The van der Waals surface area contributed by atoms with Crippen molar-refractivity contribution in [2.24, 2.45) is 5.73 Å². The second-order valence-electron chi connectivity index (χ2n) is 4.54. The number of hydrogen-bond donors (Lipinski definition) is 1. The summed E-state index contributed by atoms with van der Waals surface area (Å²) in [6.45, 7) is 2.20. The Balaban J connectivity index is 2.41. The topological polar surface area (TPSA) is 63.4 Å². The molecule has 2 N–H and O–H groups in total. The minimum absolute atomic E-state index is 0.139. The summed E-state index contributed by atoms with van der Waals surface area (Å²) >= 11 is 0. The maximum atomic E-state index is 11.9. The largest absolute Gasteiger partial charge is 0.320 e. The summed E-state index contributed by atoms with van der Waals surface area (Å²) < 4.78 is 0. The number of hydrogen-bond acceptors (Lipinski definition) is 3. The van der Waals surface area contributed by atoms with E-state index in [0.29, 0.717) is 24.9 Å². The van der Waals surface area contributed by atoms with Gasteiger partial charge in [-0.1, -0.05) is 11.8 Å². The van der Waals surface area contributed by atoms with Gasteiger partial charge in [0.15, 0.2) is 0 Å². The molecule has 0 unspecified atom stereocenters. The van der Waals surface area contributed by atoms with E-state index in [1.54, 1.807) is 6.07 Å². The van der Waals surface area contributed by atoms with Gasteiger partial charge in [-0.3, -0.25) is 14.5 Å². The number of nitrogens with zero attached hydrogens (tertiary/aromatic N) is 1. The summed E-state index contributed by atoms with van der Waals surface area (Å²) in [7, 11) is 0. The molecule has 4 heteroatoms. The van der Waals surface area contributed by atoms with Crippen LogP contribution in [-0.4, -0.2) is 18.4 Å². The van der Waals surface area contributed by atoms with E-state index in [-0.39, 0.29) is 18.4 Å². The van der Waals surface area contributed by atoms with Crippen LogP contribution in [0, 0.1) is 18.8 Å². The summed E-state index contributed by atoms with van der Waals surface area (Å²) in [5, 5.41) is 0. The molecule has 1 heterocycles. The number of anilines is 1. The Morgan fingerprint density at radius 3 is 2.53 bits per heavy atom. The van der Waals surface area contributed by atoms with Gasteiger partial charge in [-0.05, 0) is 37.1 Å². The summed E-state index contributed by atoms with van der Waals surface area (Å²) in [4.78, 5) is 25.0. The molecule has 1 aliphatic rings. The van der Waals surface area contributed by atoms with Crippen LogP contribution in [-0.2, 0) is 9.59 Å². The number of benzene rings is 1. The molecular weight excluding hydrogens is 240 g/mol. The molecule has 19 heavy (non-hydrogen) atoms. The molecule has 2 amide bonds. The van der Waals surface area contributed by atoms with Crippen LogP contribution in [0.4, 0.5) is 5.69 Å². The lowest BCUT2D eigenvalue weighted by Crippen LogP contribution is -2.40. The highest BCUT2D eigenvalue weighted by atomic mass is 16.2. The zero-order valence-electron chi connectivity index (χ0n) is 10.9. The van der Waals surface area contributed by atoms with Gasteiger partial charge in [-0.25, -0.2) is 0 Å². The lowest BCUT2D eigenvalue weighted by atomic mass is 10.1. The van der Waals surface area contributed by atoms with E-state index >= 15 is 0 Å². The number of carbonyl (C=O) groups excluding carboxylic acids is 2. The number of rotatable bonds is 1. The van der Waals surface area contributed by atoms with E-state index < -0.39 is 0 Å². The van der Waals surface area contributed by atoms with Crippen LogP contribution in [0.25, 0.3) is 0 Å². The van der Waals surface area contributed by atoms with Crippen molar-refractivity contribution < 1.29 is 9.59 Å². The third-order valence-electron chi connectivity index (χ3n) is 2.94. The van der Waals surface area contributed by atoms with Crippen LogP contribution in [0.2, 0.25) is 0 Å². The Bertz CT molecular complexity index is 566. The van der Waals surface area contributed by atoms with Gasteiger partial charge in [0, 0.05) is 18.4 Å². The van der Waals surface area contributed by atoms with Crippen molar-refractivity contribution in [1.29, 1.82) is 0 Å². The maximum Gasteiger partial charge on any atom is 0.233 e. The van der Waals surface area contributed by atoms with Gasteiger partial charge >= 0.3 is 0 Å². The van der Waals surface area contributed by atoms with Gasteiger partial charge in [0.05, 0.1) is 12.2 Å². The van der Waals surface area contributed by atoms with E-state index in [1.165, 1.54) is 4.90 Å². The first-order chi connectivity index (χ1) is 9.11. The monoisotopic (exact) mass is 256 g/mol. The maximum absolute atomic E-state index is 11.9. The molecule has 1 aromatic carbocycles. The summed E-state index contributed by atoms with van der Waals surface area (Å²) in [5.41, 5.74) is 7.69. The molecule has 4 nitrogen and oxygen atoms in total. The minimum atomic E-state index is -0.139. The first kappa shape index (κ1) is 13.3. The molecule has 1 saturated heterocycles. The number of carbonyl (C=O) groups is 2. The third-order valence-corrected chi connectivity index (χ3v) is 2.94. The fraction of sp³-hybridized carbons (Fsp3) is 0.333. The third kappa shape index (κ3) is 3.01. The average molecular weight is 256 g/mol. The number of imide groups is 1. The summed E-state index contributed by atoms with van der Waals surface area (Å²) in [6, 6.07) is 5.50. The van der Waals surface area contributed by atoms with Crippen LogP contribution < -0.4 is 10.6 Å². The van der Waals surface area contributed by atoms with Crippen LogP contribution >= 0.6 is 0 Å². The fourth-order valence-corrected chi connectivity index (χ4v) is 2.16. The van der Waals surface area contributed by atoms with Gasteiger partial charge in [0.2, 0.25) is 11.8 Å². The first-order valence-corrected chi connectivity index (χ1v) is 6.28. The van der Waals surface area contributed by atoms with Crippen molar-refractivity contribution in [3.63, 3.8) is 0 Å². The summed E-state index contributed by atoms with van der Waals surface area (Å²) in [6.07, 6.45) is 1.48. The molecule has 0 atom stereocenters. The van der Waals surface area contributed by atoms with Crippen LogP contribution in [0.3, 0.4) is 0 Å². The SMILES string of the molecule is Cc1cc(C#CCN)cc(N2C(=O)CCCC2=O)c1. The molecule has 0 saturated carbocycles. The lowest BCUT2D eigenvalue weighted by Gasteiger charge is -2.25. The zero-order chi connectivity index (χ0) is 13.8. The molecule has 0 radical (unpaired) electrons. The van der Waals surface area contributed by atoms with Gasteiger partial charge in [-0.2, -0.15) is 0 Å². The molecule has 1 aliphatic heterocycles. The smallest absolute Gasteiger partial charge is 0.233 e. The van der Waals surface area contributed by atoms with Crippen LogP contribution in [0.15, 0.2) is 18.2 Å². The first-order valence-electron chi connectivity index (χ1n) is 6.28. The highest BCUT2D eigenvalue weighted by Gasteiger charge is 2.27. The zero-order valence-corrected chi connectivity index (χ0v) is 10.9. The molecule has 2 rings (SSSR count). The molecule has 0 bridgehead atoms. The normalized spacial score (nSPS) is 15.2. The summed E-state index contributed by atoms with van der Waals surface area (Å²) in [5.74, 6) is 5.43. The number of piperidine rings is 1. The van der Waals surface area contributed by atoms with Crippen molar-refractivity contribution >= 4 is 17.5 Å². The van der Waals surface area contributed by atoms with Crippen LogP contribution in [0.1, 0.15) is 30.4 Å². The van der Waals surface area contributed by atoms with Gasteiger partial charge in [0.25, 0.3) is 0 Å². The molecular formula is C15H16N2O2. The highest BCUT2D eigenvalue weighted by Crippen LogP contribution is 2.24. The average Bonchev–Trinajstić information content (AvgIpc) is 2.35. The van der Waals surface area contributed by atoms with E-state index in [2.05, 4.69) is 11.8 Å². The van der Waals surface area contributed by atoms with Gasteiger partial charge in [-0.15, -0.1) is 0 Å². The number of aryl methyl sites for hydroxylation is 1. The van der Waals surface area contributed by atoms with E-state index in [4.69, 9.17) is 5.73 Å². The molecule has 0 spiro atoms. The predicted molar refractivity (Wildman–Crippen MR) is 73.5 cm³/mol. The molecule has 0 aromatic heterocycles. The van der Waals surface area contributed by atoms with Gasteiger partial charge in [0.1, 0.15) is 0 Å². The molecule has 98 valence electrons. The number of amides is 2. The lowest BCUT2D eigenvalue weighted by molar-refractivity contribution is -0.129. The second-order valence-corrected chi connectivity index (χ2v) is 4.54. The Morgan fingerprint density at radius 2 is 1.89 bits per heavy atom. The Kier molecular flexibility index (Phi) is 3.98. The van der Waals surface area contributed by atoms with Crippen molar-refractivity contribution in [2.75, 3.05) is 11.4 Å². The standard InChI is InChI=1S/C15H16N2O2/c1-11-8-12(4-3-7-16)10-13(9-11)17-14(18)5-2-6-15(17)19/h8-10H,2,5-7,16H2,1H3. The van der Waals surface area contributed by atoms with Crippen molar-refractivity contribution in [1.82, 2.24) is 0 Å². The minimum Gasteiger partial charge on any atom is -0.320 e. The van der Waals surface area contributed by atoms with Crippen molar-refractivity contribution in [3.8, 4) is 11.8 Å². The van der Waals surface area contributed by atoms with Crippen molar-refractivity contribution in [2.45, 2.75) is 26.2 Å². The second kappa shape index (κ2) is 5.68. The Hall–Kier alpha value is -2.12. The van der Waals surface area contributed by atoms with Crippen LogP contribution in [0.5, 0.6) is 0 Å². The fourth-order valence-electron chi connectivity index (χ4n) is 2.16. The highest BCUT2D eigenvalue weighted by molar-refractivity contribution is 6.16. The molecule has 0 aliphatic carbocycles. The van der Waals surface area contributed by atoms with Crippen molar-refractivity contribution in [3.05, 3.63) is 29.3 Å².